The number of hydrogen-bond donors (Lipinski definition) is 1. The lowest BCUT2D eigenvalue weighted by Crippen LogP contribution is -2.51. The van der Waals surface area contributed by atoms with Crippen LogP contribution < -0.4 is 10.6 Å². The number of fused-ring (bicyclic) bond motifs is 1. The molecule has 31 heavy (non-hydrogen) atoms. The molecule has 1 aliphatic heterocycles. The maximum Gasteiger partial charge on any atom is 0.210 e. The number of Topliss-reactive ketones (excluding diaryl/α,β-unsaturated/α-hetero) is 2. The highest BCUT2D eigenvalue weighted by atomic mass is 32.1. The molecule has 160 valence electrons. The first-order valence-corrected chi connectivity index (χ1v) is 11.0. The molecule has 7 heteroatoms. The van der Waals surface area contributed by atoms with Crippen LogP contribution in [0.4, 0.5) is 11.4 Å². The Bertz CT molecular complexity index is 1060. The minimum Gasteiger partial charge on any atom is -0.376 e. The molecular weight excluding hydrogens is 408 g/mol. The largest absolute Gasteiger partial charge is 0.376 e. The van der Waals surface area contributed by atoms with Gasteiger partial charge in [-0.1, -0.05) is 24.3 Å². The Morgan fingerprint density at radius 3 is 2.26 bits per heavy atom. The van der Waals surface area contributed by atoms with Crippen LogP contribution in [0.1, 0.15) is 47.4 Å². The number of ketones is 2. The molecule has 2 aromatic rings. The molecule has 4 rings (SSSR count). The molecule has 1 aliphatic carbocycles. The van der Waals surface area contributed by atoms with Gasteiger partial charge in [-0.25, -0.2) is 4.99 Å². The number of rotatable bonds is 4. The molecule has 2 N–H and O–H groups in total. The summed E-state index contributed by atoms with van der Waals surface area (Å²) < 4.78 is 0. The smallest absolute Gasteiger partial charge is 0.210 e. The number of nitrogens with zero attached hydrogens (tertiary/aromatic N) is 3. The van der Waals surface area contributed by atoms with Crippen molar-refractivity contribution in [2.24, 2.45) is 10.7 Å². The molecule has 2 aromatic carbocycles. The number of anilines is 1. The van der Waals surface area contributed by atoms with Crippen LogP contribution in [0, 0.1) is 0 Å². The van der Waals surface area contributed by atoms with E-state index in [1.165, 1.54) is 0 Å². The molecule has 2 aliphatic rings. The topological polar surface area (TPSA) is 79.0 Å². The van der Waals surface area contributed by atoms with Crippen molar-refractivity contribution in [1.29, 1.82) is 0 Å². The van der Waals surface area contributed by atoms with Crippen molar-refractivity contribution >= 4 is 46.0 Å². The molecule has 1 saturated heterocycles. The molecule has 1 unspecified atom stereocenters. The maximum atomic E-state index is 13.3. The monoisotopic (exact) mass is 434 g/mol. The van der Waals surface area contributed by atoms with Crippen molar-refractivity contribution in [2.75, 3.05) is 18.0 Å². The average molecular weight is 435 g/mol. The Balaban J connectivity index is 1.74. The second-order valence-corrected chi connectivity index (χ2v) is 8.62. The van der Waals surface area contributed by atoms with Gasteiger partial charge in [0.05, 0.1) is 5.69 Å². The van der Waals surface area contributed by atoms with E-state index in [2.05, 4.69) is 9.89 Å². The van der Waals surface area contributed by atoms with Crippen LogP contribution >= 0.6 is 12.2 Å². The summed E-state index contributed by atoms with van der Waals surface area (Å²) in [4.78, 5) is 35.3. The number of hydrogen-bond acceptors (Lipinski definition) is 5. The molecule has 0 aromatic heterocycles. The van der Waals surface area contributed by atoms with Gasteiger partial charge in [-0.05, 0) is 76.3 Å². The van der Waals surface area contributed by atoms with E-state index in [0.717, 1.165) is 31.6 Å². The lowest BCUT2D eigenvalue weighted by atomic mass is 9.83. The van der Waals surface area contributed by atoms with Gasteiger partial charge in [0, 0.05) is 22.9 Å². The number of carbonyl (C=O) groups excluding carboxylic acids is 2. The summed E-state index contributed by atoms with van der Waals surface area (Å²) in [7, 11) is 0. The lowest BCUT2D eigenvalue weighted by Gasteiger charge is -2.31. The van der Waals surface area contributed by atoms with Crippen molar-refractivity contribution in [3.05, 3.63) is 59.7 Å². The van der Waals surface area contributed by atoms with Crippen LogP contribution in [0.25, 0.3) is 0 Å². The fourth-order valence-electron chi connectivity index (χ4n) is 4.39. The highest BCUT2D eigenvalue weighted by Gasteiger charge is 2.42. The minimum absolute atomic E-state index is 0.0491. The summed E-state index contributed by atoms with van der Waals surface area (Å²) >= 11 is 5.17. The first-order chi connectivity index (χ1) is 14.9. The number of benzene rings is 2. The normalized spacial score (nSPS) is 20.4. The third kappa shape index (κ3) is 4.03. The summed E-state index contributed by atoms with van der Waals surface area (Å²) in [5.74, 6) is -0.227. The first kappa shape index (κ1) is 21.3. The molecule has 1 fully saturated rings. The van der Waals surface area contributed by atoms with Gasteiger partial charge in [0.1, 0.15) is 11.8 Å². The van der Waals surface area contributed by atoms with E-state index in [9.17, 15) is 9.59 Å². The van der Waals surface area contributed by atoms with Gasteiger partial charge in [0.2, 0.25) is 5.78 Å². The second-order valence-electron chi connectivity index (χ2n) is 8.20. The zero-order valence-electron chi connectivity index (χ0n) is 17.7. The molecule has 6 nitrogen and oxygen atoms in total. The number of likely N-dealkylation sites (tertiary alicyclic amines) is 1. The highest BCUT2D eigenvalue weighted by molar-refractivity contribution is 7.80. The number of carbonyl (C=O) groups is 2. The summed E-state index contributed by atoms with van der Waals surface area (Å²) in [6, 6.07) is 13.9. The summed E-state index contributed by atoms with van der Waals surface area (Å²) in [5.41, 5.74) is 8.56. The van der Waals surface area contributed by atoms with Crippen LogP contribution in [0.2, 0.25) is 0 Å². The average Bonchev–Trinajstić information content (AvgIpc) is 3.27. The molecule has 0 spiro atoms. The molecule has 0 saturated carbocycles. The van der Waals surface area contributed by atoms with E-state index >= 15 is 0 Å². The quantitative estimate of drug-likeness (QED) is 0.738. The van der Waals surface area contributed by atoms with Gasteiger partial charge >= 0.3 is 0 Å². The number of thiocarbonyl (C=S) groups is 1. The predicted molar refractivity (Wildman–Crippen MR) is 128 cm³/mol. The van der Waals surface area contributed by atoms with E-state index in [4.69, 9.17) is 18.0 Å². The van der Waals surface area contributed by atoms with Crippen molar-refractivity contribution in [3.63, 3.8) is 0 Å². The molecule has 1 atom stereocenters. The van der Waals surface area contributed by atoms with Gasteiger partial charge in [-0.15, -0.1) is 0 Å². The standard InChI is InChI=1S/C24H26N4O2S/c1-15(2)28(24(25)31)17-11-9-16(10-12-17)26-20-21(27-13-5-6-14-27)23(30)19-8-4-3-7-18(19)22(20)29/h3-4,7-12,15,21H,5-6,13-14H2,1-2H3,(H2,25,31). The fourth-order valence-corrected chi connectivity index (χ4v) is 4.70. The summed E-state index contributed by atoms with van der Waals surface area (Å²) in [6.07, 6.45) is 2.04. The van der Waals surface area contributed by atoms with Gasteiger partial charge in [0.25, 0.3) is 0 Å². The van der Waals surface area contributed by atoms with Crippen molar-refractivity contribution in [2.45, 2.75) is 38.8 Å². The first-order valence-electron chi connectivity index (χ1n) is 10.6. The predicted octanol–water partition coefficient (Wildman–Crippen LogP) is 3.76. The van der Waals surface area contributed by atoms with Gasteiger partial charge in [-0.2, -0.15) is 0 Å². The van der Waals surface area contributed by atoms with Crippen LogP contribution in [0.5, 0.6) is 0 Å². The van der Waals surface area contributed by atoms with Crippen molar-refractivity contribution in [1.82, 2.24) is 4.90 Å². The Morgan fingerprint density at radius 2 is 1.68 bits per heavy atom. The summed E-state index contributed by atoms with van der Waals surface area (Å²) in [5, 5.41) is 0.299. The third-order valence-corrected chi connectivity index (χ3v) is 6.01. The zero-order valence-corrected chi connectivity index (χ0v) is 18.6. The molecule has 0 amide bonds. The molecule has 0 radical (unpaired) electrons. The Labute approximate surface area is 187 Å². The third-order valence-electron chi connectivity index (χ3n) is 5.81. The van der Waals surface area contributed by atoms with Crippen LogP contribution in [-0.4, -0.2) is 52.5 Å². The van der Waals surface area contributed by atoms with E-state index in [1.807, 2.05) is 43.0 Å². The van der Waals surface area contributed by atoms with E-state index in [-0.39, 0.29) is 17.6 Å². The Morgan fingerprint density at radius 1 is 1.06 bits per heavy atom. The van der Waals surface area contributed by atoms with Gasteiger partial charge in [-0.3, -0.25) is 14.5 Å². The van der Waals surface area contributed by atoms with E-state index in [0.29, 0.717) is 27.6 Å². The lowest BCUT2D eigenvalue weighted by molar-refractivity contribution is 0.0873. The number of nitrogens with two attached hydrogens (primary N) is 1. The van der Waals surface area contributed by atoms with Crippen LogP contribution in [0.3, 0.4) is 0 Å². The van der Waals surface area contributed by atoms with Crippen molar-refractivity contribution in [3.8, 4) is 0 Å². The SMILES string of the molecule is CC(C)N(C(N)=S)c1ccc(N=C2C(=O)c3ccccc3C(=O)C2N2CCCC2)cc1. The van der Waals surface area contributed by atoms with Gasteiger partial charge < -0.3 is 10.6 Å². The van der Waals surface area contributed by atoms with E-state index < -0.39 is 6.04 Å². The van der Waals surface area contributed by atoms with Crippen LogP contribution in [-0.2, 0) is 0 Å². The minimum atomic E-state index is -0.631. The fraction of sp³-hybridized carbons (Fsp3) is 0.333. The number of aliphatic imine (C=N–C) groups is 1. The molecule has 0 bridgehead atoms. The van der Waals surface area contributed by atoms with Gasteiger partial charge in [0.15, 0.2) is 10.9 Å². The molecule has 1 heterocycles. The second kappa shape index (κ2) is 8.69. The van der Waals surface area contributed by atoms with Crippen LogP contribution in [0.15, 0.2) is 53.5 Å². The van der Waals surface area contributed by atoms with Crippen molar-refractivity contribution < 1.29 is 9.59 Å². The zero-order chi connectivity index (χ0) is 22.1. The molecular formula is C24H26N4O2S. The highest BCUT2D eigenvalue weighted by Crippen LogP contribution is 2.29. The summed E-state index contributed by atoms with van der Waals surface area (Å²) in [6.45, 7) is 5.61. The Hall–Kier alpha value is -2.90. The Kier molecular flexibility index (Phi) is 5.98. The van der Waals surface area contributed by atoms with E-state index in [1.54, 1.807) is 24.3 Å². The maximum absolute atomic E-state index is 13.3.